The fourth-order valence-corrected chi connectivity index (χ4v) is 3.40. The third-order valence-corrected chi connectivity index (χ3v) is 4.46. The molecule has 0 amide bonds. The molecule has 1 aliphatic heterocycles. The van der Waals surface area contributed by atoms with Crippen molar-refractivity contribution in [1.82, 2.24) is 9.97 Å². The van der Waals surface area contributed by atoms with Gasteiger partial charge in [-0.05, 0) is 30.5 Å². The van der Waals surface area contributed by atoms with Crippen LogP contribution in [0.3, 0.4) is 0 Å². The van der Waals surface area contributed by atoms with Gasteiger partial charge in [-0.2, -0.15) is 4.98 Å². The Hall–Kier alpha value is -2.31. The SMILES string of the molecule is Nc1nc2c(c(N3CC(F)(F)C3)n1)CCC2c1ccc(F)cc1. The van der Waals surface area contributed by atoms with E-state index >= 15 is 0 Å². The Morgan fingerprint density at radius 2 is 1.83 bits per heavy atom. The summed E-state index contributed by atoms with van der Waals surface area (Å²) < 4.78 is 39.4. The van der Waals surface area contributed by atoms with Gasteiger partial charge in [0.05, 0.1) is 18.8 Å². The number of nitrogens with two attached hydrogens (primary N) is 1. The van der Waals surface area contributed by atoms with Crippen LogP contribution in [-0.2, 0) is 6.42 Å². The minimum Gasteiger partial charge on any atom is -0.368 e. The Labute approximate surface area is 131 Å². The first kappa shape index (κ1) is 14.3. The molecule has 1 saturated heterocycles. The third-order valence-electron chi connectivity index (χ3n) is 4.46. The third kappa shape index (κ3) is 2.40. The van der Waals surface area contributed by atoms with Crippen LogP contribution in [0.1, 0.15) is 29.2 Å². The quantitative estimate of drug-likeness (QED) is 0.924. The van der Waals surface area contributed by atoms with E-state index in [0.717, 1.165) is 23.2 Å². The molecule has 2 heterocycles. The van der Waals surface area contributed by atoms with Gasteiger partial charge < -0.3 is 10.6 Å². The van der Waals surface area contributed by atoms with Gasteiger partial charge in [0.1, 0.15) is 11.6 Å². The molecule has 2 aliphatic rings. The normalized spacial score (nSPS) is 21.9. The standard InChI is InChI=1S/C16H15F3N4/c17-10-3-1-9(2-4-10)11-5-6-12-13(11)21-15(20)22-14(12)23-7-16(18,19)8-23/h1-4,11H,5-8H2,(H2,20,21,22). The van der Waals surface area contributed by atoms with Crippen molar-refractivity contribution in [3.05, 3.63) is 46.9 Å². The van der Waals surface area contributed by atoms with Crippen molar-refractivity contribution in [2.75, 3.05) is 23.7 Å². The Balaban J connectivity index is 1.72. The number of benzene rings is 1. The minimum atomic E-state index is -2.67. The molecule has 0 bridgehead atoms. The van der Waals surface area contributed by atoms with Gasteiger partial charge in [-0.3, -0.25) is 0 Å². The van der Waals surface area contributed by atoms with Gasteiger partial charge in [0.25, 0.3) is 5.92 Å². The first-order chi connectivity index (χ1) is 10.9. The molecule has 2 N–H and O–H groups in total. The van der Waals surface area contributed by atoms with E-state index in [1.165, 1.54) is 12.1 Å². The number of alkyl halides is 2. The lowest BCUT2D eigenvalue weighted by Crippen LogP contribution is -2.57. The average Bonchev–Trinajstić information content (AvgIpc) is 2.88. The van der Waals surface area contributed by atoms with Crippen LogP contribution in [-0.4, -0.2) is 29.0 Å². The smallest absolute Gasteiger partial charge is 0.282 e. The summed E-state index contributed by atoms with van der Waals surface area (Å²) >= 11 is 0. The summed E-state index contributed by atoms with van der Waals surface area (Å²) in [4.78, 5) is 10.0. The summed E-state index contributed by atoms with van der Waals surface area (Å²) in [6.45, 7) is -0.672. The summed E-state index contributed by atoms with van der Waals surface area (Å²) in [5, 5.41) is 0. The molecule has 1 atom stereocenters. The predicted octanol–water partition coefficient (Wildman–Crippen LogP) is 2.73. The molecule has 1 aromatic carbocycles. The summed E-state index contributed by atoms with van der Waals surface area (Å²) in [5.41, 5.74) is 8.38. The number of fused-ring (bicyclic) bond motifs is 1. The van der Waals surface area contributed by atoms with E-state index < -0.39 is 5.92 Å². The van der Waals surface area contributed by atoms with Crippen molar-refractivity contribution < 1.29 is 13.2 Å². The number of rotatable bonds is 2. The zero-order chi connectivity index (χ0) is 16.2. The van der Waals surface area contributed by atoms with E-state index in [2.05, 4.69) is 9.97 Å². The lowest BCUT2D eigenvalue weighted by molar-refractivity contribution is -0.0267. The number of aromatic nitrogens is 2. The van der Waals surface area contributed by atoms with Crippen LogP contribution in [0.2, 0.25) is 0 Å². The molecule has 1 aromatic heterocycles. The van der Waals surface area contributed by atoms with Crippen molar-refractivity contribution >= 4 is 11.8 Å². The van der Waals surface area contributed by atoms with Gasteiger partial charge in [-0.15, -0.1) is 0 Å². The van der Waals surface area contributed by atoms with E-state index in [0.29, 0.717) is 12.2 Å². The average molecular weight is 320 g/mol. The minimum absolute atomic E-state index is 0.00330. The summed E-state index contributed by atoms with van der Waals surface area (Å²) in [7, 11) is 0. The highest BCUT2D eigenvalue weighted by atomic mass is 19.3. The Kier molecular flexibility index (Phi) is 3.01. The van der Waals surface area contributed by atoms with Crippen LogP contribution in [0.15, 0.2) is 24.3 Å². The van der Waals surface area contributed by atoms with E-state index in [1.807, 2.05) is 0 Å². The monoisotopic (exact) mass is 320 g/mol. The molecule has 2 aromatic rings. The van der Waals surface area contributed by atoms with E-state index in [9.17, 15) is 13.2 Å². The first-order valence-corrected chi connectivity index (χ1v) is 7.47. The molecule has 1 unspecified atom stereocenters. The van der Waals surface area contributed by atoms with Crippen molar-refractivity contribution in [2.24, 2.45) is 0 Å². The second-order valence-corrected chi connectivity index (χ2v) is 6.12. The molecule has 0 radical (unpaired) electrons. The molecular formula is C16H15F3N4. The molecule has 120 valence electrons. The van der Waals surface area contributed by atoms with Crippen LogP contribution in [0.5, 0.6) is 0 Å². The maximum absolute atomic E-state index is 13.2. The summed E-state index contributed by atoms with van der Waals surface area (Å²) in [6, 6.07) is 6.28. The molecule has 0 saturated carbocycles. The zero-order valence-electron chi connectivity index (χ0n) is 12.3. The number of hydrogen-bond acceptors (Lipinski definition) is 4. The van der Waals surface area contributed by atoms with Gasteiger partial charge in [0.2, 0.25) is 5.95 Å². The second-order valence-electron chi connectivity index (χ2n) is 6.12. The lowest BCUT2D eigenvalue weighted by atomic mass is 9.96. The molecule has 1 aliphatic carbocycles. The zero-order valence-corrected chi connectivity index (χ0v) is 12.3. The van der Waals surface area contributed by atoms with E-state index in [4.69, 9.17) is 5.73 Å². The van der Waals surface area contributed by atoms with Crippen molar-refractivity contribution in [3.8, 4) is 0 Å². The van der Waals surface area contributed by atoms with Crippen LogP contribution >= 0.6 is 0 Å². The fourth-order valence-electron chi connectivity index (χ4n) is 3.40. The molecule has 4 nitrogen and oxygen atoms in total. The molecule has 1 fully saturated rings. The number of halogens is 3. The molecule has 0 spiro atoms. The maximum atomic E-state index is 13.2. The highest BCUT2D eigenvalue weighted by Gasteiger charge is 2.46. The van der Waals surface area contributed by atoms with Gasteiger partial charge >= 0.3 is 0 Å². The first-order valence-electron chi connectivity index (χ1n) is 7.47. The van der Waals surface area contributed by atoms with E-state index in [-0.39, 0.29) is 30.8 Å². The summed E-state index contributed by atoms with van der Waals surface area (Å²) in [5.74, 6) is -2.36. The molecule has 23 heavy (non-hydrogen) atoms. The van der Waals surface area contributed by atoms with Crippen molar-refractivity contribution in [1.29, 1.82) is 0 Å². The summed E-state index contributed by atoms with van der Waals surface area (Å²) in [6.07, 6.45) is 1.49. The Morgan fingerprint density at radius 1 is 1.13 bits per heavy atom. The van der Waals surface area contributed by atoms with Gasteiger partial charge in [0.15, 0.2) is 0 Å². The number of anilines is 2. The van der Waals surface area contributed by atoms with Crippen LogP contribution in [0, 0.1) is 5.82 Å². The van der Waals surface area contributed by atoms with Gasteiger partial charge in [-0.1, -0.05) is 12.1 Å². The van der Waals surface area contributed by atoms with Crippen LogP contribution in [0.4, 0.5) is 24.9 Å². The van der Waals surface area contributed by atoms with Crippen LogP contribution in [0.25, 0.3) is 0 Å². The Bertz CT molecular complexity index is 753. The van der Waals surface area contributed by atoms with Crippen LogP contribution < -0.4 is 10.6 Å². The van der Waals surface area contributed by atoms with E-state index in [1.54, 1.807) is 17.0 Å². The largest absolute Gasteiger partial charge is 0.368 e. The Morgan fingerprint density at radius 3 is 2.48 bits per heavy atom. The molecule has 4 rings (SSSR count). The number of nitrogens with zero attached hydrogens (tertiary/aromatic N) is 3. The second kappa shape index (κ2) is 4.84. The fraction of sp³-hybridized carbons (Fsp3) is 0.375. The predicted molar refractivity (Wildman–Crippen MR) is 80.2 cm³/mol. The van der Waals surface area contributed by atoms with Crippen molar-refractivity contribution in [2.45, 2.75) is 24.7 Å². The highest BCUT2D eigenvalue weighted by molar-refractivity contribution is 5.58. The topological polar surface area (TPSA) is 55.0 Å². The highest BCUT2D eigenvalue weighted by Crippen LogP contribution is 2.43. The van der Waals surface area contributed by atoms with Crippen molar-refractivity contribution in [3.63, 3.8) is 0 Å². The lowest BCUT2D eigenvalue weighted by Gasteiger charge is -2.40. The number of nitrogen functional groups attached to an aromatic ring is 1. The van der Waals surface area contributed by atoms with Gasteiger partial charge in [-0.25, -0.2) is 18.2 Å². The van der Waals surface area contributed by atoms with Gasteiger partial charge in [0, 0.05) is 11.5 Å². The molecule has 7 heteroatoms. The maximum Gasteiger partial charge on any atom is 0.282 e. The number of hydrogen-bond donors (Lipinski definition) is 1. The molecular weight excluding hydrogens is 305 g/mol.